The molecule has 12 heteroatoms. The molecule has 3 amide bonds. The van der Waals surface area contributed by atoms with Crippen LogP contribution >= 0.6 is 11.6 Å². The molecule has 1 aromatic heterocycles. The van der Waals surface area contributed by atoms with E-state index in [1.807, 2.05) is 0 Å². The summed E-state index contributed by atoms with van der Waals surface area (Å²) in [5, 5.41) is 6.80. The van der Waals surface area contributed by atoms with E-state index in [0.717, 1.165) is 6.07 Å². The van der Waals surface area contributed by atoms with Gasteiger partial charge in [0, 0.05) is 61.7 Å². The number of benzene rings is 1. The van der Waals surface area contributed by atoms with E-state index in [2.05, 4.69) is 15.6 Å². The molecule has 2 fully saturated rings. The number of amides is 3. The molecule has 3 heterocycles. The molecule has 3 atom stereocenters. The molecule has 2 aliphatic heterocycles. The second-order valence-electron chi connectivity index (χ2n) is 8.98. The summed E-state index contributed by atoms with van der Waals surface area (Å²) in [4.78, 5) is 43.4. The van der Waals surface area contributed by atoms with Gasteiger partial charge >= 0.3 is 6.18 Å². The summed E-state index contributed by atoms with van der Waals surface area (Å²) in [5.74, 6) is -0.641. The van der Waals surface area contributed by atoms with Crippen molar-refractivity contribution in [3.63, 3.8) is 0 Å². The summed E-state index contributed by atoms with van der Waals surface area (Å²) >= 11 is 6.09. The molecule has 0 unspecified atom stereocenters. The number of nitrogens with zero attached hydrogens (tertiary/aromatic N) is 3. The van der Waals surface area contributed by atoms with Crippen LogP contribution in [0.25, 0.3) is 10.9 Å². The van der Waals surface area contributed by atoms with E-state index < -0.39 is 30.0 Å². The van der Waals surface area contributed by atoms with Crippen molar-refractivity contribution in [3.8, 4) is 0 Å². The number of fused-ring (bicyclic) bond motifs is 1. The van der Waals surface area contributed by atoms with Gasteiger partial charge in [0.2, 0.25) is 17.7 Å². The van der Waals surface area contributed by atoms with Crippen LogP contribution in [0.5, 0.6) is 0 Å². The zero-order valence-electron chi connectivity index (χ0n) is 19.2. The number of carbonyl (C=O) groups excluding carboxylic acids is 3. The molecule has 188 valence electrons. The lowest BCUT2D eigenvalue weighted by Gasteiger charge is -2.39. The van der Waals surface area contributed by atoms with E-state index in [9.17, 15) is 27.6 Å². The molecular formula is C23H25ClF3N5O3. The lowest BCUT2D eigenvalue weighted by atomic mass is 9.99. The van der Waals surface area contributed by atoms with Crippen LogP contribution in [0.1, 0.15) is 31.9 Å². The van der Waals surface area contributed by atoms with Gasteiger partial charge in [-0.3, -0.25) is 14.4 Å². The maximum Gasteiger partial charge on any atom is 0.433 e. The first-order chi connectivity index (χ1) is 16.4. The third kappa shape index (κ3) is 5.44. The van der Waals surface area contributed by atoms with Crippen molar-refractivity contribution in [2.75, 3.05) is 25.5 Å². The Labute approximate surface area is 204 Å². The Bertz CT molecular complexity index is 1180. The number of alkyl halides is 3. The van der Waals surface area contributed by atoms with E-state index in [4.69, 9.17) is 11.6 Å². The highest BCUT2D eigenvalue weighted by Gasteiger charge is 2.37. The Morgan fingerprint density at radius 2 is 1.89 bits per heavy atom. The topological polar surface area (TPSA) is 94.6 Å². The summed E-state index contributed by atoms with van der Waals surface area (Å²) in [6.07, 6.45) is -3.58. The zero-order valence-corrected chi connectivity index (χ0v) is 19.9. The molecule has 2 saturated heterocycles. The second kappa shape index (κ2) is 9.52. The number of hydrogen-bond donors (Lipinski definition) is 2. The van der Waals surface area contributed by atoms with E-state index in [1.54, 1.807) is 7.05 Å². The van der Waals surface area contributed by atoms with Crippen LogP contribution in [0.2, 0.25) is 5.02 Å². The molecule has 0 spiro atoms. The molecule has 0 bridgehead atoms. The Balaban J connectivity index is 1.59. The maximum absolute atomic E-state index is 13.5. The molecule has 2 N–H and O–H groups in total. The number of likely N-dealkylation sites (tertiary alicyclic amines) is 2. The van der Waals surface area contributed by atoms with Crippen LogP contribution in [0.15, 0.2) is 24.3 Å². The molecule has 8 nitrogen and oxygen atoms in total. The van der Waals surface area contributed by atoms with E-state index in [-0.39, 0.29) is 42.0 Å². The van der Waals surface area contributed by atoms with Gasteiger partial charge in [0.25, 0.3) is 0 Å². The smallest absolute Gasteiger partial charge is 0.380 e. The number of anilines is 1. The minimum atomic E-state index is -4.65. The van der Waals surface area contributed by atoms with Gasteiger partial charge < -0.3 is 20.4 Å². The number of carbonyl (C=O) groups is 3. The second-order valence-corrected chi connectivity index (χ2v) is 9.42. The molecule has 0 radical (unpaired) electrons. The molecule has 0 aliphatic carbocycles. The molecular weight excluding hydrogens is 487 g/mol. The Hall–Kier alpha value is -3.08. The van der Waals surface area contributed by atoms with E-state index in [1.165, 1.54) is 34.9 Å². The van der Waals surface area contributed by atoms with Crippen molar-refractivity contribution in [2.45, 2.75) is 50.5 Å². The largest absolute Gasteiger partial charge is 0.433 e. The van der Waals surface area contributed by atoms with Crippen LogP contribution in [0.4, 0.5) is 18.9 Å². The molecule has 2 aliphatic rings. The predicted molar refractivity (Wildman–Crippen MR) is 124 cm³/mol. The number of rotatable bonds is 4. The SMILES string of the molecule is CC(=O)N1C[C@@H](NC(=O)[C@H]2CCC(=O)N2C)C[C@@H](Nc2cc(C(F)(F)F)nc3ccc(Cl)cc23)C1. The Kier molecular flexibility index (Phi) is 6.81. The first-order valence-electron chi connectivity index (χ1n) is 11.2. The van der Waals surface area contributed by atoms with Crippen LogP contribution in [0.3, 0.4) is 0 Å². The first-order valence-corrected chi connectivity index (χ1v) is 11.6. The number of pyridine rings is 1. The van der Waals surface area contributed by atoms with Crippen molar-refractivity contribution in [3.05, 3.63) is 35.0 Å². The van der Waals surface area contributed by atoms with Crippen molar-refractivity contribution >= 4 is 45.9 Å². The normalized spacial score (nSPS) is 23.0. The van der Waals surface area contributed by atoms with Crippen molar-refractivity contribution in [2.24, 2.45) is 0 Å². The van der Waals surface area contributed by atoms with Gasteiger partial charge in [0.1, 0.15) is 11.7 Å². The minimum Gasteiger partial charge on any atom is -0.380 e. The lowest BCUT2D eigenvalue weighted by molar-refractivity contribution is -0.141. The summed E-state index contributed by atoms with van der Waals surface area (Å²) in [6, 6.07) is 3.87. The van der Waals surface area contributed by atoms with Crippen molar-refractivity contribution in [1.82, 2.24) is 20.1 Å². The van der Waals surface area contributed by atoms with Gasteiger partial charge in [0.15, 0.2) is 0 Å². The van der Waals surface area contributed by atoms with Gasteiger partial charge in [-0.2, -0.15) is 13.2 Å². The van der Waals surface area contributed by atoms with Gasteiger partial charge in [0.05, 0.1) is 5.52 Å². The third-order valence-electron chi connectivity index (χ3n) is 6.46. The molecule has 4 rings (SSSR count). The number of hydrogen-bond acceptors (Lipinski definition) is 5. The monoisotopic (exact) mass is 511 g/mol. The van der Waals surface area contributed by atoms with Crippen molar-refractivity contribution < 1.29 is 27.6 Å². The fourth-order valence-corrected chi connectivity index (χ4v) is 4.83. The number of halogens is 4. The van der Waals surface area contributed by atoms with Gasteiger partial charge in [-0.25, -0.2) is 4.98 Å². The number of aromatic nitrogens is 1. The van der Waals surface area contributed by atoms with Gasteiger partial charge in [-0.15, -0.1) is 0 Å². The van der Waals surface area contributed by atoms with Crippen LogP contribution < -0.4 is 10.6 Å². The Morgan fingerprint density at radius 3 is 2.51 bits per heavy atom. The van der Waals surface area contributed by atoms with Gasteiger partial charge in [-0.1, -0.05) is 11.6 Å². The molecule has 0 saturated carbocycles. The van der Waals surface area contributed by atoms with Crippen LogP contribution in [0, 0.1) is 0 Å². The zero-order chi connectivity index (χ0) is 25.5. The highest BCUT2D eigenvalue weighted by molar-refractivity contribution is 6.31. The molecule has 35 heavy (non-hydrogen) atoms. The number of piperidine rings is 1. The highest BCUT2D eigenvalue weighted by Crippen LogP contribution is 2.35. The van der Waals surface area contributed by atoms with Gasteiger partial charge in [-0.05, 0) is 37.1 Å². The summed E-state index contributed by atoms with van der Waals surface area (Å²) in [7, 11) is 1.57. The standard InChI is InChI=1S/C23H25ClF3N5O3/c1-12(33)32-10-14(8-15(11-32)29-22(35)19-5-6-21(34)31(19)2)28-18-9-20(23(25,26)27)30-17-4-3-13(24)7-16(17)18/h3-4,7,9,14-15,19H,5-6,8,10-11H2,1-2H3,(H,28,30)(H,29,35)/t14-,15+,19-/m1/s1. The van der Waals surface area contributed by atoms with Crippen LogP contribution in [-0.4, -0.2) is 70.8 Å². The summed E-state index contributed by atoms with van der Waals surface area (Å²) in [6.45, 7) is 1.91. The molecule has 1 aromatic carbocycles. The third-order valence-corrected chi connectivity index (χ3v) is 6.69. The lowest BCUT2D eigenvalue weighted by Crippen LogP contribution is -2.57. The summed E-state index contributed by atoms with van der Waals surface area (Å²) < 4.78 is 40.5. The predicted octanol–water partition coefficient (Wildman–Crippen LogP) is 3.05. The maximum atomic E-state index is 13.5. The number of likely N-dealkylation sites (N-methyl/N-ethyl adjacent to an activating group) is 1. The quantitative estimate of drug-likeness (QED) is 0.658. The summed E-state index contributed by atoms with van der Waals surface area (Å²) in [5.41, 5.74) is -0.732. The Morgan fingerprint density at radius 1 is 1.17 bits per heavy atom. The first kappa shape index (κ1) is 25.0. The van der Waals surface area contributed by atoms with E-state index >= 15 is 0 Å². The number of nitrogens with one attached hydrogen (secondary N) is 2. The average Bonchev–Trinajstić information content (AvgIpc) is 3.11. The highest BCUT2D eigenvalue weighted by atomic mass is 35.5. The average molecular weight is 512 g/mol. The van der Waals surface area contributed by atoms with E-state index in [0.29, 0.717) is 29.7 Å². The molecule has 2 aromatic rings. The van der Waals surface area contributed by atoms with Crippen LogP contribution in [-0.2, 0) is 20.6 Å². The van der Waals surface area contributed by atoms with Crippen molar-refractivity contribution in [1.29, 1.82) is 0 Å². The minimum absolute atomic E-state index is 0.109. The fraction of sp³-hybridized carbons (Fsp3) is 0.478. The fourth-order valence-electron chi connectivity index (χ4n) is 4.66.